The van der Waals surface area contributed by atoms with Gasteiger partial charge in [0.2, 0.25) is 0 Å². The molecule has 0 saturated heterocycles. The van der Waals surface area contributed by atoms with Crippen LogP contribution in [0.1, 0.15) is 18.1 Å². The number of halogens is 4. The zero-order valence-corrected chi connectivity index (χ0v) is 10.3. The Morgan fingerprint density at radius 1 is 1.32 bits per heavy atom. The van der Waals surface area contributed by atoms with Crippen molar-refractivity contribution in [2.45, 2.75) is 13.1 Å². The first-order valence-electron chi connectivity index (χ1n) is 4.95. The molecule has 7 heteroatoms. The third-order valence-corrected chi connectivity index (χ3v) is 2.55. The van der Waals surface area contributed by atoms with Gasteiger partial charge in [-0.2, -0.15) is 13.2 Å². The third-order valence-electron chi connectivity index (χ3n) is 2.22. The van der Waals surface area contributed by atoms with Crippen molar-refractivity contribution in [3.05, 3.63) is 39.9 Å². The second-order valence-corrected chi connectivity index (χ2v) is 4.06. The minimum Gasteiger partial charge on any atom is -0.478 e. The first-order valence-corrected chi connectivity index (χ1v) is 5.33. The molecule has 0 saturated carbocycles. The number of alkyl halides is 3. The molecule has 1 rings (SSSR count). The Morgan fingerprint density at radius 3 is 2.32 bits per heavy atom. The largest absolute Gasteiger partial charge is 0.478 e. The minimum absolute atomic E-state index is 0.0654. The summed E-state index contributed by atoms with van der Waals surface area (Å²) in [6, 6.07) is 2.88. The van der Waals surface area contributed by atoms with Crippen LogP contribution in [0.5, 0.6) is 0 Å². The lowest BCUT2D eigenvalue weighted by molar-refractivity contribution is -0.137. The maximum atomic E-state index is 12.6. The Kier molecular flexibility index (Phi) is 4.36. The van der Waals surface area contributed by atoms with Gasteiger partial charge in [0.25, 0.3) is 0 Å². The molecule has 1 aromatic rings. The maximum Gasteiger partial charge on any atom is 0.417 e. The molecule has 0 aliphatic heterocycles. The number of rotatable bonds is 3. The van der Waals surface area contributed by atoms with Gasteiger partial charge in [0, 0.05) is 0 Å². The van der Waals surface area contributed by atoms with Crippen molar-refractivity contribution in [1.82, 2.24) is 0 Å². The molecule has 0 aromatic heterocycles. The molecule has 0 aliphatic carbocycles. The number of Topliss-reactive ketones (excluding diaryl/α,β-unsaturated/α-hetero) is 1. The highest BCUT2D eigenvalue weighted by atomic mass is 35.5. The highest BCUT2D eigenvalue weighted by Crippen LogP contribution is 2.35. The van der Waals surface area contributed by atoms with Crippen molar-refractivity contribution < 1.29 is 27.9 Å². The van der Waals surface area contributed by atoms with Crippen LogP contribution in [0.4, 0.5) is 13.2 Å². The van der Waals surface area contributed by atoms with Gasteiger partial charge in [-0.25, -0.2) is 4.79 Å². The highest BCUT2D eigenvalue weighted by molar-refractivity contribution is 6.31. The van der Waals surface area contributed by atoms with E-state index in [0.717, 1.165) is 19.1 Å². The van der Waals surface area contributed by atoms with Gasteiger partial charge >= 0.3 is 12.1 Å². The molecule has 0 atom stereocenters. The van der Waals surface area contributed by atoms with E-state index >= 15 is 0 Å². The van der Waals surface area contributed by atoms with Crippen molar-refractivity contribution in [2.24, 2.45) is 0 Å². The normalized spacial score (nSPS) is 12.4. The van der Waals surface area contributed by atoms with Crippen LogP contribution in [-0.2, 0) is 15.8 Å². The fraction of sp³-hybridized carbons (Fsp3) is 0.167. The van der Waals surface area contributed by atoms with E-state index in [4.69, 9.17) is 16.7 Å². The van der Waals surface area contributed by atoms with E-state index in [1.54, 1.807) is 0 Å². The molecule has 0 bridgehead atoms. The Bertz CT molecular complexity index is 546. The number of benzene rings is 1. The van der Waals surface area contributed by atoms with Crippen LogP contribution >= 0.6 is 11.6 Å². The monoisotopic (exact) mass is 292 g/mol. The molecule has 3 nitrogen and oxygen atoms in total. The van der Waals surface area contributed by atoms with Crippen LogP contribution in [0, 0.1) is 0 Å². The minimum atomic E-state index is -4.65. The molecule has 0 radical (unpaired) electrons. The molecular formula is C12H8ClF3O3. The van der Waals surface area contributed by atoms with Gasteiger partial charge in [0.1, 0.15) is 5.57 Å². The second kappa shape index (κ2) is 5.44. The van der Waals surface area contributed by atoms with E-state index in [9.17, 15) is 22.8 Å². The number of hydrogen-bond acceptors (Lipinski definition) is 2. The summed E-state index contributed by atoms with van der Waals surface area (Å²) in [6.07, 6.45) is -3.78. The molecule has 0 unspecified atom stereocenters. The number of aliphatic carboxylic acids is 1. The molecule has 0 heterocycles. The Balaban J connectivity index is 3.34. The molecule has 0 amide bonds. The molecule has 0 spiro atoms. The Morgan fingerprint density at radius 2 is 1.89 bits per heavy atom. The van der Waals surface area contributed by atoms with Crippen molar-refractivity contribution in [1.29, 1.82) is 0 Å². The number of carboxylic acids is 1. The van der Waals surface area contributed by atoms with Gasteiger partial charge in [0.05, 0.1) is 10.6 Å². The van der Waals surface area contributed by atoms with Gasteiger partial charge in [-0.1, -0.05) is 17.7 Å². The standard InChI is InChI=1S/C12H8ClF3O3/c1-6(17)8(11(18)19)4-7-2-3-10(13)9(5-7)12(14,15)16/h2-5H,1H3,(H,18,19)/b8-4+. The number of carboxylic acid groups (broad SMARTS) is 1. The van der Waals surface area contributed by atoms with E-state index < -0.39 is 34.1 Å². The van der Waals surface area contributed by atoms with Crippen molar-refractivity contribution in [3.63, 3.8) is 0 Å². The lowest BCUT2D eigenvalue weighted by atomic mass is 10.1. The Labute approximate surface area is 111 Å². The zero-order chi connectivity index (χ0) is 14.8. The van der Waals surface area contributed by atoms with Crippen LogP contribution in [0.15, 0.2) is 23.8 Å². The fourth-order valence-electron chi connectivity index (χ4n) is 1.33. The first-order chi connectivity index (χ1) is 8.62. The van der Waals surface area contributed by atoms with Gasteiger partial charge in [-0.05, 0) is 30.7 Å². The van der Waals surface area contributed by atoms with E-state index in [-0.39, 0.29) is 5.56 Å². The molecule has 0 aliphatic rings. The molecule has 102 valence electrons. The highest BCUT2D eigenvalue weighted by Gasteiger charge is 2.33. The average molecular weight is 293 g/mol. The van der Waals surface area contributed by atoms with E-state index in [0.29, 0.717) is 6.07 Å². The number of ketones is 1. The summed E-state index contributed by atoms with van der Waals surface area (Å²) in [5.41, 5.74) is -1.75. The average Bonchev–Trinajstić information content (AvgIpc) is 2.25. The number of carbonyl (C=O) groups is 2. The van der Waals surface area contributed by atoms with E-state index in [2.05, 4.69) is 0 Å². The molecular weight excluding hydrogens is 285 g/mol. The predicted octanol–water partition coefficient (Wildman–Crippen LogP) is 3.42. The molecule has 1 N–H and O–H groups in total. The van der Waals surface area contributed by atoms with Crippen LogP contribution in [-0.4, -0.2) is 16.9 Å². The summed E-state index contributed by atoms with van der Waals surface area (Å²) in [6.45, 7) is 1.01. The Hall–Kier alpha value is -1.82. The van der Waals surface area contributed by atoms with E-state index in [1.165, 1.54) is 6.07 Å². The molecule has 1 aromatic carbocycles. The number of hydrogen-bond donors (Lipinski definition) is 1. The number of carbonyl (C=O) groups excluding carboxylic acids is 1. The maximum absolute atomic E-state index is 12.6. The van der Waals surface area contributed by atoms with Crippen molar-refractivity contribution in [3.8, 4) is 0 Å². The topological polar surface area (TPSA) is 54.4 Å². The van der Waals surface area contributed by atoms with Crippen molar-refractivity contribution in [2.75, 3.05) is 0 Å². The van der Waals surface area contributed by atoms with Crippen LogP contribution < -0.4 is 0 Å². The quantitative estimate of drug-likeness (QED) is 0.527. The summed E-state index contributed by atoms with van der Waals surface area (Å²) < 4.78 is 37.8. The van der Waals surface area contributed by atoms with Gasteiger partial charge in [-0.15, -0.1) is 0 Å². The van der Waals surface area contributed by atoms with Gasteiger partial charge < -0.3 is 5.11 Å². The third kappa shape index (κ3) is 3.82. The fourth-order valence-corrected chi connectivity index (χ4v) is 1.56. The smallest absolute Gasteiger partial charge is 0.417 e. The summed E-state index contributed by atoms with van der Waals surface area (Å²) in [5, 5.41) is 8.26. The summed E-state index contributed by atoms with van der Waals surface area (Å²) in [7, 11) is 0. The van der Waals surface area contributed by atoms with Crippen LogP contribution in [0.25, 0.3) is 6.08 Å². The SMILES string of the molecule is CC(=O)/C(=C\c1ccc(Cl)c(C(F)(F)F)c1)C(=O)O. The lowest BCUT2D eigenvalue weighted by Gasteiger charge is -2.09. The van der Waals surface area contributed by atoms with Crippen molar-refractivity contribution >= 4 is 29.4 Å². The van der Waals surface area contributed by atoms with Crippen LogP contribution in [0.2, 0.25) is 5.02 Å². The van der Waals surface area contributed by atoms with Crippen LogP contribution in [0.3, 0.4) is 0 Å². The first kappa shape index (κ1) is 15.2. The second-order valence-electron chi connectivity index (χ2n) is 3.66. The summed E-state index contributed by atoms with van der Waals surface area (Å²) in [4.78, 5) is 21.8. The molecule has 19 heavy (non-hydrogen) atoms. The summed E-state index contributed by atoms with van der Waals surface area (Å²) >= 11 is 5.42. The van der Waals surface area contributed by atoms with E-state index in [1.807, 2.05) is 0 Å². The van der Waals surface area contributed by atoms with Gasteiger partial charge in [-0.3, -0.25) is 4.79 Å². The molecule has 0 fully saturated rings. The lowest BCUT2D eigenvalue weighted by Crippen LogP contribution is -2.09. The van der Waals surface area contributed by atoms with Gasteiger partial charge in [0.15, 0.2) is 5.78 Å². The zero-order valence-electron chi connectivity index (χ0n) is 9.58. The summed E-state index contributed by atoms with van der Waals surface area (Å²) in [5.74, 6) is -2.26. The predicted molar refractivity (Wildman–Crippen MR) is 62.7 cm³/mol.